The minimum absolute atomic E-state index is 0.253. The van der Waals surface area contributed by atoms with E-state index in [0.29, 0.717) is 16.8 Å². The zero-order valence-corrected chi connectivity index (χ0v) is 14.5. The van der Waals surface area contributed by atoms with Gasteiger partial charge in [-0.1, -0.05) is 49.7 Å². The molecule has 0 saturated heterocycles. The molecular formula is C17H20ClN5. The van der Waals surface area contributed by atoms with Crippen molar-refractivity contribution >= 4 is 23.2 Å². The molecule has 2 aromatic heterocycles. The number of fused-ring (bicyclic) bond motifs is 1. The normalized spacial score (nSPS) is 12.8. The van der Waals surface area contributed by atoms with E-state index < -0.39 is 0 Å². The van der Waals surface area contributed by atoms with E-state index in [9.17, 15) is 0 Å². The highest BCUT2D eigenvalue weighted by Crippen LogP contribution is 2.36. The summed E-state index contributed by atoms with van der Waals surface area (Å²) in [6.45, 7) is 8.55. The Hall–Kier alpha value is -2.14. The lowest BCUT2D eigenvalue weighted by Gasteiger charge is -2.22. The lowest BCUT2D eigenvalue weighted by atomic mass is 10.0. The van der Waals surface area contributed by atoms with Gasteiger partial charge < -0.3 is 5.32 Å². The predicted octanol–water partition coefficient (Wildman–Crippen LogP) is 4.21. The summed E-state index contributed by atoms with van der Waals surface area (Å²) in [5.74, 6) is 1.78. The van der Waals surface area contributed by atoms with Crippen molar-refractivity contribution < 1.29 is 0 Å². The first-order valence-corrected chi connectivity index (χ1v) is 8.08. The molecule has 3 rings (SSSR count). The second-order valence-electron chi connectivity index (χ2n) is 6.09. The van der Waals surface area contributed by atoms with E-state index in [0.717, 1.165) is 22.5 Å². The Morgan fingerprint density at radius 2 is 1.91 bits per heavy atom. The number of aromatic nitrogens is 4. The molecule has 0 saturated carbocycles. The van der Waals surface area contributed by atoms with Crippen molar-refractivity contribution in [1.82, 2.24) is 19.6 Å². The third kappa shape index (κ3) is 2.88. The number of nitrogens with one attached hydrogen (secondary N) is 1. The molecule has 0 amide bonds. The van der Waals surface area contributed by atoms with Crippen LogP contribution >= 0.6 is 11.6 Å². The van der Waals surface area contributed by atoms with Crippen LogP contribution in [0, 0.1) is 12.8 Å². The van der Waals surface area contributed by atoms with Gasteiger partial charge in [-0.3, -0.25) is 0 Å². The fourth-order valence-corrected chi connectivity index (χ4v) is 2.69. The minimum atomic E-state index is 0.253. The number of aryl methyl sites for hydroxylation is 1. The van der Waals surface area contributed by atoms with Crippen LogP contribution in [0.25, 0.3) is 16.9 Å². The van der Waals surface area contributed by atoms with Gasteiger partial charge in [0.2, 0.25) is 0 Å². The molecule has 0 unspecified atom stereocenters. The van der Waals surface area contributed by atoms with Crippen molar-refractivity contribution in [2.24, 2.45) is 5.92 Å². The van der Waals surface area contributed by atoms with Crippen LogP contribution in [-0.2, 0) is 0 Å². The molecule has 0 aliphatic carbocycles. The molecule has 0 radical (unpaired) electrons. The molecule has 1 atom stereocenters. The van der Waals surface area contributed by atoms with Gasteiger partial charge in [-0.05, 0) is 30.9 Å². The Balaban J connectivity index is 2.27. The highest BCUT2D eigenvalue weighted by molar-refractivity contribution is 6.33. The Bertz CT molecular complexity index is 840. The maximum absolute atomic E-state index is 6.50. The fraction of sp³-hybridized carbons (Fsp3) is 0.353. The number of hydrogen-bond acceptors (Lipinski definition) is 4. The molecule has 0 aliphatic rings. The third-order valence-electron chi connectivity index (χ3n) is 4.16. The topological polar surface area (TPSA) is 55.1 Å². The van der Waals surface area contributed by atoms with Crippen molar-refractivity contribution in [3.05, 3.63) is 41.3 Å². The first-order valence-electron chi connectivity index (χ1n) is 7.70. The Morgan fingerprint density at radius 1 is 1.17 bits per heavy atom. The van der Waals surface area contributed by atoms with Crippen molar-refractivity contribution in [2.75, 3.05) is 5.32 Å². The molecule has 0 aliphatic heterocycles. The summed E-state index contributed by atoms with van der Waals surface area (Å²) in [4.78, 5) is 8.55. The Morgan fingerprint density at radius 3 is 2.61 bits per heavy atom. The van der Waals surface area contributed by atoms with Gasteiger partial charge in [0.05, 0.1) is 5.56 Å². The summed E-state index contributed by atoms with van der Waals surface area (Å²) in [7, 11) is 0. The van der Waals surface area contributed by atoms with Gasteiger partial charge in [0.1, 0.15) is 17.3 Å². The van der Waals surface area contributed by atoms with Crippen LogP contribution in [0.5, 0.6) is 0 Å². The molecule has 1 aromatic carbocycles. The number of halogens is 1. The van der Waals surface area contributed by atoms with Gasteiger partial charge in [-0.25, -0.2) is 0 Å². The SMILES string of the molecule is Cc1ccccc1-c1c(Cl)nc2ncnn2c1N[C@H](C)C(C)C. The van der Waals surface area contributed by atoms with Crippen molar-refractivity contribution in [1.29, 1.82) is 0 Å². The molecule has 0 bridgehead atoms. The summed E-state index contributed by atoms with van der Waals surface area (Å²) in [6.07, 6.45) is 1.49. The number of rotatable bonds is 4. The Labute approximate surface area is 140 Å². The summed E-state index contributed by atoms with van der Waals surface area (Å²) < 4.78 is 1.71. The highest BCUT2D eigenvalue weighted by Gasteiger charge is 2.20. The summed E-state index contributed by atoms with van der Waals surface area (Å²) in [6, 6.07) is 8.38. The number of benzene rings is 1. The maximum Gasteiger partial charge on any atom is 0.255 e. The van der Waals surface area contributed by atoms with Gasteiger partial charge in [-0.15, -0.1) is 0 Å². The molecular weight excluding hydrogens is 310 g/mol. The smallest absolute Gasteiger partial charge is 0.255 e. The average molecular weight is 330 g/mol. The van der Waals surface area contributed by atoms with Gasteiger partial charge in [0.25, 0.3) is 5.78 Å². The van der Waals surface area contributed by atoms with E-state index in [4.69, 9.17) is 11.6 Å². The fourth-order valence-electron chi connectivity index (χ4n) is 2.42. The average Bonchev–Trinajstić information content (AvgIpc) is 2.96. The largest absolute Gasteiger partial charge is 0.367 e. The van der Waals surface area contributed by atoms with Gasteiger partial charge in [0, 0.05) is 6.04 Å². The van der Waals surface area contributed by atoms with Crippen molar-refractivity contribution in [2.45, 2.75) is 33.7 Å². The van der Waals surface area contributed by atoms with E-state index in [1.54, 1.807) is 4.52 Å². The second kappa shape index (κ2) is 6.16. The lowest BCUT2D eigenvalue weighted by Crippen LogP contribution is -2.24. The monoisotopic (exact) mass is 329 g/mol. The number of anilines is 1. The van der Waals surface area contributed by atoms with Crippen LogP contribution < -0.4 is 5.32 Å². The quantitative estimate of drug-likeness (QED) is 0.728. The molecule has 120 valence electrons. The zero-order valence-electron chi connectivity index (χ0n) is 13.7. The van der Waals surface area contributed by atoms with Crippen LogP contribution in [-0.4, -0.2) is 25.6 Å². The molecule has 5 nitrogen and oxygen atoms in total. The molecule has 0 fully saturated rings. The first kappa shape index (κ1) is 15.7. The van der Waals surface area contributed by atoms with E-state index in [2.05, 4.69) is 54.1 Å². The number of nitrogens with zero attached hydrogens (tertiary/aromatic N) is 4. The molecule has 1 N–H and O–H groups in total. The van der Waals surface area contributed by atoms with E-state index in [1.807, 2.05) is 18.2 Å². The lowest BCUT2D eigenvalue weighted by molar-refractivity contribution is 0.556. The number of hydrogen-bond donors (Lipinski definition) is 1. The Kier molecular flexibility index (Phi) is 4.22. The van der Waals surface area contributed by atoms with Crippen LogP contribution in [0.15, 0.2) is 30.6 Å². The second-order valence-corrected chi connectivity index (χ2v) is 6.45. The summed E-state index contributed by atoms with van der Waals surface area (Å²) >= 11 is 6.50. The van der Waals surface area contributed by atoms with Crippen LogP contribution in [0.4, 0.5) is 5.82 Å². The van der Waals surface area contributed by atoms with Crippen LogP contribution in [0.3, 0.4) is 0 Å². The van der Waals surface area contributed by atoms with E-state index in [-0.39, 0.29) is 6.04 Å². The predicted molar refractivity (Wildman–Crippen MR) is 93.9 cm³/mol. The highest BCUT2D eigenvalue weighted by atomic mass is 35.5. The molecule has 23 heavy (non-hydrogen) atoms. The molecule has 6 heteroatoms. The van der Waals surface area contributed by atoms with Gasteiger partial charge in [-0.2, -0.15) is 19.6 Å². The third-order valence-corrected chi connectivity index (χ3v) is 4.44. The van der Waals surface area contributed by atoms with Crippen molar-refractivity contribution in [3.8, 4) is 11.1 Å². The van der Waals surface area contributed by atoms with E-state index in [1.165, 1.54) is 6.33 Å². The minimum Gasteiger partial charge on any atom is -0.367 e. The van der Waals surface area contributed by atoms with Crippen LogP contribution in [0.2, 0.25) is 5.15 Å². The van der Waals surface area contributed by atoms with Crippen molar-refractivity contribution in [3.63, 3.8) is 0 Å². The zero-order chi connectivity index (χ0) is 16.6. The first-order chi connectivity index (χ1) is 11.0. The molecule has 3 aromatic rings. The summed E-state index contributed by atoms with van der Waals surface area (Å²) in [5.41, 5.74) is 3.03. The molecule has 0 spiro atoms. The summed E-state index contributed by atoms with van der Waals surface area (Å²) in [5, 5.41) is 8.28. The van der Waals surface area contributed by atoms with Gasteiger partial charge >= 0.3 is 0 Å². The van der Waals surface area contributed by atoms with Gasteiger partial charge in [0.15, 0.2) is 0 Å². The van der Waals surface area contributed by atoms with E-state index >= 15 is 0 Å². The maximum atomic E-state index is 6.50. The standard InChI is InChI=1S/C17H20ClN5/c1-10(2)12(4)21-16-14(13-8-6-5-7-11(13)3)15(18)22-17-19-9-20-23(16)17/h5-10,12,21H,1-4H3/t12-/m1/s1. The molecule has 2 heterocycles. The van der Waals surface area contributed by atoms with Crippen LogP contribution in [0.1, 0.15) is 26.3 Å².